The number of amides is 1. The molecule has 6 heteroatoms. The first-order valence-corrected chi connectivity index (χ1v) is 6.17. The highest BCUT2D eigenvalue weighted by Crippen LogP contribution is 2.31. The average molecular weight is 268 g/mol. The highest BCUT2D eigenvalue weighted by molar-refractivity contribution is 5.84. The second-order valence-corrected chi connectivity index (χ2v) is 5.20. The summed E-state index contributed by atoms with van der Waals surface area (Å²) in [6, 6.07) is 0. The minimum absolute atomic E-state index is 0.0698. The Labute approximate surface area is 112 Å². The normalized spacial score (nSPS) is 14.2. The molecule has 1 aromatic rings. The Morgan fingerprint density at radius 3 is 2.58 bits per heavy atom. The van der Waals surface area contributed by atoms with Crippen LogP contribution >= 0.6 is 0 Å². The maximum Gasteiger partial charge on any atom is 0.310 e. The molecule has 0 aliphatic carbocycles. The molecule has 0 saturated carbocycles. The van der Waals surface area contributed by atoms with E-state index in [4.69, 9.17) is 4.42 Å². The van der Waals surface area contributed by atoms with Gasteiger partial charge in [-0.05, 0) is 19.8 Å². The number of hydrogen-bond donors (Lipinski definition) is 2. The molecule has 0 fully saturated rings. The summed E-state index contributed by atoms with van der Waals surface area (Å²) in [7, 11) is 0. The van der Waals surface area contributed by atoms with Gasteiger partial charge in [-0.2, -0.15) is 0 Å². The van der Waals surface area contributed by atoms with E-state index >= 15 is 0 Å². The minimum Gasteiger partial charge on any atom is -0.481 e. The number of aromatic nitrogens is 1. The third kappa shape index (κ3) is 3.81. The summed E-state index contributed by atoms with van der Waals surface area (Å²) in [5, 5.41) is 11.8. The molecular formula is C13H20N2O4. The van der Waals surface area contributed by atoms with Gasteiger partial charge in [0.2, 0.25) is 11.8 Å². The Balaban J connectivity index is 2.57. The number of hydrogen-bond acceptors (Lipinski definition) is 4. The maximum absolute atomic E-state index is 11.8. The molecule has 0 aliphatic rings. The average Bonchev–Trinajstić information content (AvgIpc) is 2.72. The van der Waals surface area contributed by atoms with E-state index < -0.39 is 11.4 Å². The van der Waals surface area contributed by atoms with Gasteiger partial charge in [-0.1, -0.05) is 13.8 Å². The van der Waals surface area contributed by atoms with Crippen LogP contribution in [0, 0.1) is 18.3 Å². The van der Waals surface area contributed by atoms with Crippen LogP contribution in [0.5, 0.6) is 0 Å². The summed E-state index contributed by atoms with van der Waals surface area (Å²) in [5.74, 6) is -0.354. The predicted molar refractivity (Wildman–Crippen MR) is 68.3 cm³/mol. The highest BCUT2D eigenvalue weighted by Gasteiger charge is 2.38. The maximum atomic E-state index is 11.8. The summed E-state index contributed by atoms with van der Waals surface area (Å²) in [6.07, 6.45) is 1.50. The number of rotatable bonds is 6. The van der Waals surface area contributed by atoms with E-state index in [-0.39, 0.29) is 24.8 Å². The van der Waals surface area contributed by atoms with Crippen LogP contribution in [-0.4, -0.2) is 22.0 Å². The Bertz CT molecular complexity index is 467. The van der Waals surface area contributed by atoms with Crippen molar-refractivity contribution in [2.75, 3.05) is 0 Å². The fraction of sp³-hybridized carbons (Fsp3) is 0.615. The van der Waals surface area contributed by atoms with Gasteiger partial charge in [0.1, 0.15) is 5.76 Å². The van der Waals surface area contributed by atoms with Crippen LogP contribution in [-0.2, 0) is 16.1 Å². The van der Waals surface area contributed by atoms with Crippen molar-refractivity contribution in [2.45, 2.75) is 40.7 Å². The first-order chi connectivity index (χ1) is 8.75. The van der Waals surface area contributed by atoms with Gasteiger partial charge in [0.15, 0.2) is 0 Å². The van der Waals surface area contributed by atoms with Gasteiger partial charge in [-0.25, -0.2) is 4.98 Å². The monoisotopic (exact) mass is 268 g/mol. The number of aryl methyl sites for hydroxylation is 1. The molecule has 19 heavy (non-hydrogen) atoms. The first kappa shape index (κ1) is 15.2. The zero-order chi connectivity index (χ0) is 14.6. The Morgan fingerprint density at radius 2 is 2.16 bits per heavy atom. The molecule has 6 nitrogen and oxygen atoms in total. The quantitative estimate of drug-likeness (QED) is 0.819. The summed E-state index contributed by atoms with van der Waals surface area (Å²) in [6.45, 7) is 7.09. The lowest BCUT2D eigenvalue weighted by Crippen LogP contribution is -2.39. The number of aliphatic carboxylic acids is 1. The zero-order valence-electron chi connectivity index (χ0n) is 11.7. The number of carbonyl (C=O) groups is 2. The molecule has 0 bridgehead atoms. The number of nitrogens with one attached hydrogen (secondary N) is 1. The number of carboxylic acid groups (broad SMARTS) is 1. The van der Waals surface area contributed by atoms with E-state index in [0.717, 1.165) is 0 Å². The van der Waals surface area contributed by atoms with E-state index in [2.05, 4.69) is 10.3 Å². The molecule has 2 N–H and O–H groups in total. The van der Waals surface area contributed by atoms with Crippen molar-refractivity contribution in [2.24, 2.45) is 11.3 Å². The number of carbonyl (C=O) groups excluding carboxylic acids is 1. The second-order valence-electron chi connectivity index (χ2n) is 5.20. The summed E-state index contributed by atoms with van der Waals surface area (Å²) in [4.78, 5) is 27.0. The van der Waals surface area contributed by atoms with Crippen molar-refractivity contribution in [3.8, 4) is 0 Å². The smallest absolute Gasteiger partial charge is 0.310 e. The SMILES string of the molecule is Cc1cnc(CNC(=O)CC(C)(C(=O)O)C(C)C)o1. The van der Waals surface area contributed by atoms with E-state index in [1.165, 1.54) is 0 Å². The van der Waals surface area contributed by atoms with Crippen LogP contribution in [0.3, 0.4) is 0 Å². The second kappa shape index (κ2) is 5.86. The molecule has 1 atom stereocenters. The van der Waals surface area contributed by atoms with Crippen molar-refractivity contribution in [1.82, 2.24) is 10.3 Å². The van der Waals surface area contributed by atoms with Crippen LogP contribution in [0.15, 0.2) is 10.6 Å². The van der Waals surface area contributed by atoms with Gasteiger partial charge >= 0.3 is 5.97 Å². The lowest BCUT2D eigenvalue weighted by molar-refractivity contribution is -0.153. The molecule has 1 amide bonds. The summed E-state index contributed by atoms with van der Waals surface area (Å²) >= 11 is 0. The number of carboxylic acids is 1. The molecular weight excluding hydrogens is 248 g/mol. The molecule has 0 saturated heterocycles. The van der Waals surface area contributed by atoms with E-state index in [1.54, 1.807) is 33.9 Å². The molecule has 1 unspecified atom stereocenters. The van der Waals surface area contributed by atoms with Gasteiger partial charge in [0.05, 0.1) is 18.2 Å². The minimum atomic E-state index is -1.07. The molecule has 0 aliphatic heterocycles. The standard InChI is InChI=1S/C13H20N2O4/c1-8(2)13(4,12(17)18)5-10(16)14-7-11-15-6-9(3)19-11/h6,8H,5,7H2,1-4H3,(H,14,16)(H,17,18). The van der Waals surface area contributed by atoms with Crippen LogP contribution < -0.4 is 5.32 Å². The molecule has 0 radical (unpaired) electrons. The van der Waals surface area contributed by atoms with Crippen LogP contribution in [0.4, 0.5) is 0 Å². The molecule has 1 aromatic heterocycles. The van der Waals surface area contributed by atoms with E-state index in [9.17, 15) is 14.7 Å². The van der Waals surface area contributed by atoms with Crippen LogP contribution in [0.1, 0.15) is 38.8 Å². The fourth-order valence-corrected chi connectivity index (χ4v) is 1.58. The van der Waals surface area contributed by atoms with Crippen molar-refractivity contribution in [3.05, 3.63) is 17.8 Å². The Morgan fingerprint density at radius 1 is 1.53 bits per heavy atom. The van der Waals surface area contributed by atoms with E-state index in [1.807, 2.05) is 0 Å². The van der Waals surface area contributed by atoms with Gasteiger partial charge in [-0.3, -0.25) is 9.59 Å². The summed E-state index contributed by atoms with van der Waals surface area (Å²) in [5.41, 5.74) is -1.07. The number of oxazole rings is 1. The molecule has 0 spiro atoms. The first-order valence-electron chi connectivity index (χ1n) is 6.17. The molecule has 1 rings (SSSR count). The third-order valence-corrected chi connectivity index (χ3v) is 3.40. The molecule has 0 aromatic carbocycles. The lowest BCUT2D eigenvalue weighted by atomic mass is 9.76. The molecule has 1 heterocycles. The third-order valence-electron chi connectivity index (χ3n) is 3.40. The van der Waals surface area contributed by atoms with Gasteiger partial charge in [-0.15, -0.1) is 0 Å². The fourth-order valence-electron chi connectivity index (χ4n) is 1.58. The van der Waals surface area contributed by atoms with Crippen LogP contribution in [0.25, 0.3) is 0 Å². The topological polar surface area (TPSA) is 92.4 Å². The van der Waals surface area contributed by atoms with E-state index in [0.29, 0.717) is 11.7 Å². The largest absolute Gasteiger partial charge is 0.481 e. The Kier molecular flexibility index (Phi) is 4.69. The Hall–Kier alpha value is -1.85. The van der Waals surface area contributed by atoms with Crippen molar-refractivity contribution >= 4 is 11.9 Å². The summed E-state index contributed by atoms with van der Waals surface area (Å²) < 4.78 is 5.22. The van der Waals surface area contributed by atoms with Crippen molar-refractivity contribution in [1.29, 1.82) is 0 Å². The molecule has 106 valence electrons. The van der Waals surface area contributed by atoms with Crippen molar-refractivity contribution in [3.63, 3.8) is 0 Å². The zero-order valence-corrected chi connectivity index (χ0v) is 11.7. The lowest BCUT2D eigenvalue weighted by Gasteiger charge is -2.28. The van der Waals surface area contributed by atoms with Gasteiger partial charge in [0, 0.05) is 6.42 Å². The predicted octanol–water partition coefficient (Wildman–Crippen LogP) is 1.74. The van der Waals surface area contributed by atoms with Gasteiger partial charge in [0.25, 0.3) is 0 Å². The van der Waals surface area contributed by atoms with Crippen LogP contribution in [0.2, 0.25) is 0 Å². The van der Waals surface area contributed by atoms with Crippen molar-refractivity contribution < 1.29 is 19.1 Å². The number of nitrogens with zero attached hydrogens (tertiary/aromatic N) is 1. The highest BCUT2D eigenvalue weighted by atomic mass is 16.4. The van der Waals surface area contributed by atoms with Gasteiger partial charge < -0.3 is 14.8 Å².